The second kappa shape index (κ2) is 10.4. The highest BCUT2D eigenvalue weighted by molar-refractivity contribution is 5.88. The van der Waals surface area contributed by atoms with Crippen LogP contribution < -0.4 is 9.47 Å². The molecule has 2 fully saturated rings. The lowest BCUT2D eigenvalue weighted by Crippen LogP contribution is -2.52. The number of benzene rings is 2. The number of para-hydroxylation sites is 1. The van der Waals surface area contributed by atoms with Crippen LogP contribution in [0, 0.1) is 0 Å². The van der Waals surface area contributed by atoms with Crippen molar-refractivity contribution >= 4 is 5.91 Å². The van der Waals surface area contributed by atoms with Crippen LogP contribution >= 0.6 is 0 Å². The molecule has 0 saturated carbocycles. The molecule has 1 aromatic heterocycles. The summed E-state index contributed by atoms with van der Waals surface area (Å²) in [6.45, 7) is 2.49. The van der Waals surface area contributed by atoms with E-state index in [9.17, 15) is 4.79 Å². The SMILES string of the molecule is COc1ccc(C2(C(=O)N3CCCC(c4nccnc4Oc4ccccc4)C3)CCOCC2)cc1. The first-order valence-electron chi connectivity index (χ1n) is 12.2. The van der Waals surface area contributed by atoms with Crippen LogP contribution in [0.5, 0.6) is 17.4 Å². The molecule has 2 saturated heterocycles. The molecule has 3 heterocycles. The van der Waals surface area contributed by atoms with Crippen LogP contribution in [-0.2, 0) is 14.9 Å². The normalized spacial score (nSPS) is 19.7. The molecule has 2 aliphatic heterocycles. The maximum absolute atomic E-state index is 14.2. The molecule has 0 aliphatic carbocycles. The fraction of sp³-hybridized carbons (Fsp3) is 0.393. The summed E-state index contributed by atoms with van der Waals surface area (Å²) in [4.78, 5) is 25.3. The van der Waals surface area contributed by atoms with Crippen molar-refractivity contribution in [2.45, 2.75) is 37.0 Å². The highest BCUT2D eigenvalue weighted by atomic mass is 16.5. The van der Waals surface area contributed by atoms with Gasteiger partial charge in [-0.05, 0) is 55.5 Å². The van der Waals surface area contributed by atoms with Crippen LogP contribution in [0.15, 0.2) is 67.0 Å². The minimum Gasteiger partial charge on any atom is -0.497 e. The molecule has 0 bridgehead atoms. The number of hydrogen-bond acceptors (Lipinski definition) is 6. The van der Waals surface area contributed by atoms with Gasteiger partial charge in [-0.15, -0.1) is 0 Å². The van der Waals surface area contributed by atoms with Crippen LogP contribution in [0.25, 0.3) is 0 Å². The number of carbonyl (C=O) groups excluding carboxylic acids is 1. The number of likely N-dealkylation sites (tertiary alicyclic amines) is 1. The predicted molar refractivity (Wildman–Crippen MR) is 132 cm³/mol. The Labute approximate surface area is 206 Å². The lowest BCUT2D eigenvalue weighted by atomic mass is 9.72. The number of piperidine rings is 1. The molecule has 1 atom stereocenters. The fourth-order valence-electron chi connectivity index (χ4n) is 5.24. The number of methoxy groups -OCH3 is 1. The molecule has 1 amide bonds. The Balaban J connectivity index is 1.39. The van der Waals surface area contributed by atoms with Gasteiger partial charge in [0.05, 0.1) is 12.5 Å². The van der Waals surface area contributed by atoms with E-state index >= 15 is 0 Å². The highest BCUT2D eigenvalue weighted by Gasteiger charge is 2.45. The number of aromatic nitrogens is 2. The number of ether oxygens (including phenoxy) is 3. The molecule has 3 aromatic rings. The van der Waals surface area contributed by atoms with E-state index in [1.165, 1.54) is 0 Å². The standard InChI is InChI=1S/C28H31N3O4/c1-33-23-11-9-22(10-12-23)28(13-18-34-19-14-28)27(32)31-17-5-6-21(20-31)25-26(30-16-15-29-25)35-24-7-3-2-4-8-24/h2-4,7-12,15-16,21H,5-6,13-14,17-20H2,1H3. The quantitative estimate of drug-likeness (QED) is 0.515. The second-order valence-corrected chi connectivity index (χ2v) is 9.18. The maximum atomic E-state index is 14.2. The summed E-state index contributed by atoms with van der Waals surface area (Å²) in [6, 6.07) is 17.5. The van der Waals surface area contributed by atoms with Gasteiger partial charge in [0.15, 0.2) is 0 Å². The van der Waals surface area contributed by atoms with Crippen molar-refractivity contribution < 1.29 is 19.0 Å². The van der Waals surface area contributed by atoms with Gasteiger partial charge in [0.25, 0.3) is 0 Å². The van der Waals surface area contributed by atoms with Crippen LogP contribution in [-0.4, -0.2) is 54.2 Å². The number of rotatable bonds is 6. The average molecular weight is 474 g/mol. The van der Waals surface area contributed by atoms with Crippen LogP contribution in [0.1, 0.15) is 42.9 Å². The minimum atomic E-state index is -0.585. The molecular weight excluding hydrogens is 442 g/mol. The Morgan fingerprint density at radius 1 is 1.00 bits per heavy atom. The minimum absolute atomic E-state index is 0.0628. The first kappa shape index (κ1) is 23.3. The van der Waals surface area contributed by atoms with E-state index in [1.54, 1.807) is 19.5 Å². The highest BCUT2D eigenvalue weighted by Crippen LogP contribution is 2.40. The molecule has 182 valence electrons. The zero-order chi connectivity index (χ0) is 24.1. The van der Waals surface area contributed by atoms with E-state index < -0.39 is 5.41 Å². The fourth-order valence-corrected chi connectivity index (χ4v) is 5.24. The summed E-state index contributed by atoms with van der Waals surface area (Å²) in [5.74, 6) is 2.25. The topological polar surface area (TPSA) is 73.8 Å². The molecule has 5 rings (SSSR count). The van der Waals surface area contributed by atoms with Crippen molar-refractivity contribution in [3.8, 4) is 17.4 Å². The smallest absolute Gasteiger partial charge is 0.241 e. The van der Waals surface area contributed by atoms with E-state index in [1.807, 2.05) is 59.5 Å². The Hall–Kier alpha value is -3.45. The first-order chi connectivity index (χ1) is 17.2. The Kier molecular flexibility index (Phi) is 6.95. The van der Waals surface area contributed by atoms with E-state index in [-0.39, 0.29) is 11.8 Å². The summed E-state index contributed by atoms with van der Waals surface area (Å²) in [6.07, 6.45) is 6.54. The van der Waals surface area contributed by atoms with E-state index in [0.29, 0.717) is 38.5 Å². The summed E-state index contributed by atoms with van der Waals surface area (Å²) in [7, 11) is 1.65. The molecule has 2 aliphatic rings. The number of amides is 1. The van der Waals surface area contributed by atoms with Gasteiger partial charge in [-0.25, -0.2) is 4.98 Å². The van der Waals surface area contributed by atoms with Crippen molar-refractivity contribution in [2.24, 2.45) is 0 Å². The third-order valence-electron chi connectivity index (χ3n) is 7.14. The zero-order valence-corrected chi connectivity index (χ0v) is 20.1. The molecule has 35 heavy (non-hydrogen) atoms. The molecule has 2 aromatic carbocycles. The maximum Gasteiger partial charge on any atom is 0.241 e. The van der Waals surface area contributed by atoms with Crippen molar-refractivity contribution in [1.82, 2.24) is 14.9 Å². The Bertz CT molecular complexity index is 1130. The lowest BCUT2D eigenvalue weighted by molar-refractivity contribution is -0.142. The largest absolute Gasteiger partial charge is 0.497 e. The third kappa shape index (κ3) is 4.86. The summed E-state index contributed by atoms with van der Waals surface area (Å²) in [5.41, 5.74) is 1.25. The van der Waals surface area contributed by atoms with Gasteiger partial charge in [0, 0.05) is 44.6 Å². The molecule has 1 unspecified atom stereocenters. The van der Waals surface area contributed by atoms with Gasteiger partial charge in [-0.3, -0.25) is 9.78 Å². The molecule has 0 spiro atoms. The van der Waals surface area contributed by atoms with Gasteiger partial charge < -0.3 is 19.1 Å². The molecule has 0 radical (unpaired) electrons. The Morgan fingerprint density at radius 2 is 1.74 bits per heavy atom. The van der Waals surface area contributed by atoms with Gasteiger partial charge in [0.2, 0.25) is 11.8 Å². The van der Waals surface area contributed by atoms with Crippen LogP contribution in [0.2, 0.25) is 0 Å². The number of carbonyl (C=O) groups is 1. The number of hydrogen-bond donors (Lipinski definition) is 0. The number of nitrogens with zero attached hydrogens (tertiary/aromatic N) is 3. The van der Waals surface area contributed by atoms with Crippen molar-refractivity contribution in [1.29, 1.82) is 0 Å². The summed E-state index contributed by atoms with van der Waals surface area (Å²) >= 11 is 0. The molecule has 7 heteroatoms. The Morgan fingerprint density at radius 3 is 2.49 bits per heavy atom. The molecule has 7 nitrogen and oxygen atoms in total. The first-order valence-corrected chi connectivity index (χ1v) is 12.2. The van der Waals surface area contributed by atoms with Crippen molar-refractivity contribution in [3.63, 3.8) is 0 Å². The molecular formula is C28H31N3O4. The van der Waals surface area contributed by atoms with Crippen molar-refractivity contribution in [3.05, 3.63) is 78.2 Å². The van der Waals surface area contributed by atoms with Crippen LogP contribution in [0.3, 0.4) is 0 Å². The van der Waals surface area contributed by atoms with E-state index in [0.717, 1.165) is 42.1 Å². The van der Waals surface area contributed by atoms with E-state index in [2.05, 4.69) is 9.97 Å². The van der Waals surface area contributed by atoms with Crippen LogP contribution in [0.4, 0.5) is 0 Å². The van der Waals surface area contributed by atoms with Gasteiger partial charge >= 0.3 is 0 Å². The summed E-state index contributed by atoms with van der Waals surface area (Å²) < 4.78 is 17.1. The molecule has 0 N–H and O–H groups in total. The van der Waals surface area contributed by atoms with Crippen molar-refractivity contribution in [2.75, 3.05) is 33.4 Å². The van der Waals surface area contributed by atoms with E-state index in [4.69, 9.17) is 14.2 Å². The third-order valence-corrected chi connectivity index (χ3v) is 7.14. The van der Waals surface area contributed by atoms with Gasteiger partial charge in [-0.2, -0.15) is 0 Å². The second-order valence-electron chi connectivity index (χ2n) is 9.18. The summed E-state index contributed by atoms with van der Waals surface area (Å²) in [5, 5.41) is 0. The monoisotopic (exact) mass is 473 g/mol. The predicted octanol–water partition coefficient (Wildman–Crippen LogP) is 4.73. The van der Waals surface area contributed by atoms with Gasteiger partial charge in [-0.1, -0.05) is 30.3 Å². The average Bonchev–Trinajstić information content (AvgIpc) is 2.94. The van der Waals surface area contributed by atoms with Gasteiger partial charge in [0.1, 0.15) is 17.2 Å². The lowest BCUT2D eigenvalue weighted by Gasteiger charge is -2.42. The zero-order valence-electron chi connectivity index (χ0n) is 20.1.